The van der Waals surface area contributed by atoms with E-state index in [1.54, 1.807) is 6.26 Å². The Balaban J connectivity index is 1.92. The van der Waals surface area contributed by atoms with Crippen LogP contribution in [0.3, 0.4) is 0 Å². The van der Waals surface area contributed by atoms with Gasteiger partial charge in [0, 0.05) is 13.6 Å². The summed E-state index contributed by atoms with van der Waals surface area (Å²) in [6.45, 7) is 3.03. The molecule has 1 aromatic rings. The molecule has 0 aliphatic heterocycles. The van der Waals surface area contributed by atoms with Crippen molar-refractivity contribution >= 4 is 6.01 Å². The fraction of sp³-hybridized carbons (Fsp3) is 0.700. The van der Waals surface area contributed by atoms with Gasteiger partial charge >= 0.3 is 0 Å². The molecule has 0 N–H and O–H groups in total. The second kappa shape index (κ2) is 3.40. The fourth-order valence-electron chi connectivity index (χ4n) is 1.66. The summed E-state index contributed by atoms with van der Waals surface area (Å²) < 4.78 is 5.31. The summed E-state index contributed by atoms with van der Waals surface area (Å²) in [4.78, 5) is 6.39. The van der Waals surface area contributed by atoms with Crippen molar-refractivity contribution in [1.82, 2.24) is 4.98 Å². The number of rotatable bonds is 3. The molecule has 72 valence electrons. The number of hydrogen-bond donors (Lipinski definition) is 0. The van der Waals surface area contributed by atoms with Crippen molar-refractivity contribution in [2.45, 2.75) is 26.2 Å². The summed E-state index contributed by atoms with van der Waals surface area (Å²) in [5.41, 5.74) is 0.954. The molecule has 2 rings (SSSR count). The van der Waals surface area contributed by atoms with E-state index in [0.717, 1.165) is 24.2 Å². The van der Waals surface area contributed by atoms with Crippen molar-refractivity contribution in [1.29, 1.82) is 0 Å². The molecule has 0 atom stereocenters. The lowest BCUT2D eigenvalue weighted by molar-refractivity contribution is 0.316. The van der Waals surface area contributed by atoms with Crippen molar-refractivity contribution in [2.75, 3.05) is 18.5 Å². The molecular formula is C10H16N2O. The van der Waals surface area contributed by atoms with E-state index in [0.29, 0.717) is 0 Å². The molecule has 3 nitrogen and oxygen atoms in total. The predicted octanol–water partition coefficient (Wildman–Crippen LogP) is 2.22. The van der Waals surface area contributed by atoms with E-state index in [2.05, 4.69) is 9.88 Å². The van der Waals surface area contributed by atoms with Crippen LogP contribution < -0.4 is 4.90 Å². The van der Waals surface area contributed by atoms with Gasteiger partial charge in [0.2, 0.25) is 0 Å². The highest BCUT2D eigenvalue weighted by atomic mass is 16.4. The minimum absolute atomic E-state index is 0.754. The fourth-order valence-corrected chi connectivity index (χ4v) is 1.66. The minimum atomic E-state index is 0.754. The Labute approximate surface area is 78.8 Å². The molecule has 1 aliphatic rings. The Kier molecular flexibility index (Phi) is 2.25. The van der Waals surface area contributed by atoms with Gasteiger partial charge in [0.05, 0.1) is 5.69 Å². The van der Waals surface area contributed by atoms with Crippen LogP contribution in [-0.4, -0.2) is 18.6 Å². The lowest BCUT2D eigenvalue weighted by atomic mass is 9.85. The molecule has 1 saturated carbocycles. The highest BCUT2D eigenvalue weighted by molar-refractivity contribution is 5.25. The van der Waals surface area contributed by atoms with E-state index in [4.69, 9.17) is 4.42 Å². The van der Waals surface area contributed by atoms with Gasteiger partial charge in [0.1, 0.15) is 6.26 Å². The van der Waals surface area contributed by atoms with Crippen molar-refractivity contribution in [3.8, 4) is 0 Å². The quantitative estimate of drug-likeness (QED) is 0.714. The van der Waals surface area contributed by atoms with Crippen LogP contribution in [0, 0.1) is 12.8 Å². The number of aromatic nitrogens is 1. The first-order chi connectivity index (χ1) is 6.25. The van der Waals surface area contributed by atoms with Crippen LogP contribution in [0.5, 0.6) is 0 Å². The molecule has 0 saturated heterocycles. The Bertz CT molecular complexity index is 278. The van der Waals surface area contributed by atoms with E-state index >= 15 is 0 Å². The van der Waals surface area contributed by atoms with E-state index in [1.807, 2.05) is 14.0 Å². The molecule has 1 aliphatic carbocycles. The van der Waals surface area contributed by atoms with Crippen molar-refractivity contribution in [2.24, 2.45) is 5.92 Å². The maximum atomic E-state index is 5.31. The summed E-state index contributed by atoms with van der Waals surface area (Å²) in [5.74, 6) is 0.859. The third-order valence-corrected chi connectivity index (χ3v) is 2.69. The third-order valence-electron chi connectivity index (χ3n) is 2.69. The number of nitrogens with zero attached hydrogens (tertiary/aromatic N) is 2. The molecular weight excluding hydrogens is 164 g/mol. The molecule has 1 heterocycles. The highest BCUT2D eigenvalue weighted by Crippen LogP contribution is 2.27. The molecule has 0 radical (unpaired) electrons. The molecule has 1 fully saturated rings. The first kappa shape index (κ1) is 8.60. The van der Waals surface area contributed by atoms with E-state index in [1.165, 1.54) is 19.3 Å². The van der Waals surface area contributed by atoms with Gasteiger partial charge in [-0.1, -0.05) is 6.42 Å². The number of aryl methyl sites for hydroxylation is 1. The second-order valence-corrected chi connectivity index (χ2v) is 3.95. The largest absolute Gasteiger partial charge is 0.432 e. The van der Waals surface area contributed by atoms with Gasteiger partial charge in [0.25, 0.3) is 6.01 Å². The zero-order valence-electron chi connectivity index (χ0n) is 8.29. The number of hydrogen-bond acceptors (Lipinski definition) is 3. The molecule has 13 heavy (non-hydrogen) atoms. The van der Waals surface area contributed by atoms with Gasteiger partial charge in [-0.25, -0.2) is 0 Å². The molecule has 0 bridgehead atoms. The van der Waals surface area contributed by atoms with Crippen LogP contribution in [0.2, 0.25) is 0 Å². The van der Waals surface area contributed by atoms with Crippen LogP contribution in [0.1, 0.15) is 25.0 Å². The summed E-state index contributed by atoms with van der Waals surface area (Å²) in [6, 6.07) is 0.754. The maximum absolute atomic E-state index is 5.31. The normalized spacial score (nSPS) is 17.1. The SMILES string of the molecule is Cc1coc(N(C)CC2CCC2)n1. The van der Waals surface area contributed by atoms with Crippen LogP contribution in [0.15, 0.2) is 10.7 Å². The smallest absolute Gasteiger partial charge is 0.297 e. The van der Waals surface area contributed by atoms with Gasteiger partial charge in [-0.2, -0.15) is 4.98 Å². The summed E-state index contributed by atoms with van der Waals surface area (Å²) in [7, 11) is 2.05. The standard InChI is InChI=1S/C10H16N2O/c1-8-7-13-10(11-8)12(2)6-9-4-3-5-9/h7,9H,3-6H2,1-2H3. The molecule has 0 spiro atoms. The molecule has 0 unspecified atom stereocenters. The van der Waals surface area contributed by atoms with Gasteiger partial charge in [0.15, 0.2) is 0 Å². The van der Waals surface area contributed by atoms with E-state index < -0.39 is 0 Å². The van der Waals surface area contributed by atoms with Crippen LogP contribution >= 0.6 is 0 Å². The second-order valence-electron chi connectivity index (χ2n) is 3.95. The van der Waals surface area contributed by atoms with E-state index in [-0.39, 0.29) is 0 Å². The van der Waals surface area contributed by atoms with Crippen molar-refractivity contribution in [3.05, 3.63) is 12.0 Å². The first-order valence-corrected chi connectivity index (χ1v) is 4.89. The average molecular weight is 180 g/mol. The Hall–Kier alpha value is -0.990. The highest BCUT2D eigenvalue weighted by Gasteiger charge is 2.20. The third kappa shape index (κ3) is 1.85. The lowest BCUT2D eigenvalue weighted by Crippen LogP contribution is -2.29. The van der Waals surface area contributed by atoms with Gasteiger partial charge < -0.3 is 9.32 Å². The summed E-state index contributed by atoms with van der Waals surface area (Å²) in [5, 5.41) is 0. The van der Waals surface area contributed by atoms with Crippen molar-refractivity contribution < 1.29 is 4.42 Å². The van der Waals surface area contributed by atoms with Gasteiger partial charge in [-0.05, 0) is 25.7 Å². The summed E-state index contributed by atoms with van der Waals surface area (Å²) in [6.07, 6.45) is 5.82. The molecule has 0 aromatic carbocycles. The molecule has 3 heteroatoms. The monoisotopic (exact) mass is 180 g/mol. The van der Waals surface area contributed by atoms with Crippen LogP contribution in [0.4, 0.5) is 6.01 Å². The Morgan fingerprint density at radius 1 is 1.62 bits per heavy atom. The van der Waals surface area contributed by atoms with E-state index in [9.17, 15) is 0 Å². The van der Waals surface area contributed by atoms with Gasteiger partial charge in [-0.3, -0.25) is 0 Å². The molecule has 1 aromatic heterocycles. The van der Waals surface area contributed by atoms with Crippen molar-refractivity contribution in [3.63, 3.8) is 0 Å². The molecule has 0 amide bonds. The lowest BCUT2D eigenvalue weighted by Gasteiger charge is -2.29. The zero-order chi connectivity index (χ0) is 9.26. The Morgan fingerprint density at radius 2 is 2.38 bits per heavy atom. The number of oxazole rings is 1. The zero-order valence-corrected chi connectivity index (χ0v) is 8.29. The summed E-state index contributed by atoms with van der Waals surface area (Å²) >= 11 is 0. The topological polar surface area (TPSA) is 29.3 Å². The van der Waals surface area contributed by atoms with Crippen LogP contribution in [0.25, 0.3) is 0 Å². The average Bonchev–Trinajstić information content (AvgIpc) is 2.44. The van der Waals surface area contributed by atoms with Gasteiger partial charge in [-0.15, -0.1) is 0 Å². The maximum Gasteiger partial charge on any atom is 0.297 e. The predicted molar refractivity (Wildman–Crippen MR) is 51.9 cm³/mol. The van der Waals surface area contributed by atoms with Crippen LogP contribution in [-0.2, 0) is 0 Å². The Morgan fingerprint density at radius 3 is 2.85 bits per heavy atom. The first-order valence-electron chi connectivity index (χ1n) is 4.89. The minimum Gasteiger partial charge on any atom is -0.432 e. The number of anilines is 1.